The Kier molecular flexibility index (Phi) is 5.60. The molecule has 2 aliphatic rings. The summed E-state index contributed by atoms with van der Waals surface area (Å²) in [6, 6.07) is 15.8. The van der Waals surface area contributed by atoms with E-state index in [-0.39, 0.29) is 23.6 Å². The Hall–Kier alpha value is -3.65. The van der Waals surface area contributed by atoms with Crippen LogP contribution in [-0.4, -0.2) is 56.3 Å². The van der Waals surface area contributed by atoms with Gasteiger partial charge in [0.1, 0.15) is 17.8 Å². The number of aryl methyl sites for hydroxylation is 1. The van der Waals surface area contributed by atoms with Gasteiger partial charge in [0.15, 0.2) is 0 Å². The van der Waals surface area contributed by atoms with Gasteiger partial charge in [-0.25, -0.2) is 0 Å². The molecular formula is C25H27N5O3. The number of carbonyl (C=O) groups is 2. The number of hydrogen-bond acceptors (Lipinski definition) is 5. The normalized spacial score (nSPS) is 22.3. The minimum Gasteiger partial charge on any atom is -0.508 e. The zero-order chi connectivity index (χ0) is 22.9. The second-order valence-electron chi connectivity index (χ2n) is 8.79. The fraction of sp³-hybridized carbons (Fsp3) is 0.320. The number of amides is 2. The fourth-order valence-electron chi connectivity index (χ4n) is 4.77. The number of piperazine rings is 1. The number of nitrogens with one attached hydrogen (secondary N) is 2. The van der Waals surface area contributed by atoms with Crippen LogP contribution < -0.4 is 10.6 Å². The molecule has 3 N–H and O–H groups in total. The summed E-state index contributed by atoms with van der Waals surface area (Å²) in [5, 5.41) is 20.5. The van der Waals surface area contributed by atoms with Crippen LogP contribution in [-0.2, 0) is 29.6 Å². The molecule has 1 aromatic heterocycles. The molecule has 0 radical (unpaired) electrons. The summed E-state index contributed by atoms with van der Waals surface area (Å²) in [6.45, 7) is 1.11. The largest absolute Gasteiger partial charge is 0.508 e. The lowest BCUT2D eigenvalue weighted by Gasteiger charge is -2.34. The van der Waals surface area contributed by atoms with Gasteiger partial charge in [0.2, 0.25) is 11.8 Å². The SMILES string of the molecule is Cn1cc(CN[C@H]2C[C@H]3C(=O)N[C@H](Cc4ccc(O)cc4)C(=O)N3C2)c(-c2ccccc2)n1. The highest BCUT2D eigenvalue weighted by Crippen LogP contribution is 2.26. The van der Waals surface area contributed by atoms with Crippen molar-refractivity contribution < 1.29 is 14.7 Å². The molecule has 0 aliphatic carbocycles. The van der Waals surface area contributed by atoms with E-state index in [0.29, 0.717) is 25.9 Å². The smallest absolute Gasteiger partial charge is 0.246 e. The third-order valence-corrected chi connectivity index (χ3v) is 6.41. The zero-order valence-electron chi connectivity index (χ0n) is 18.4. The highest BCUT2D eigenvalue weighted by molar-refractivity contribution is 5.97. The Bertz CT molecular complexity index is 1160. The van der Waals surface area contributed by atoms with Gasteiger partial charge in [0.25, 0.3) is 0 Å². The zero-order valence-corrected chi connectivity index (χ0v) is 18.4. The highest BCUT2D eigenvalue weighted by atomic mass is 16.3. The summed E-state index contributed by atoms with van der Waals surface area (Å²) in [6.07, 6.45) is 3.00. The third kappa shape index (κ3) is 4.34. The van der Waals surface area contributed by atoms with E-state index < -0.39 is 12.1 Å². The predicted octanol–water partition coefficient (Wildman–Crippen LogP) is 1.59. The number of nitrogens with zero attached hydrogens (tertiary/aromatic N) is 3. The van der Waals surface area contributed by atoms with Crippen LogP contribution in [0.15, 0.2) is 60.8 Å². The summed E-state index contributed by atoms with van der Waals surface area (Å²) < 4.78 is 1.81. The van der Waals surface area contributed by atoms with Gasteiger partial charge < -0.3 is 20.6 Å². The number of aromatic hydroxyl groups is 1. The second-order valence-corrected chi connectivity index (χ2v) is 8.79. The number of aromatic nitrogens is 2. The molecule has 2 saturated heterocycles. The maximum Gasteiger partial charge on any atom is 0.246 e. The van der Waals surface area contributed by atoms with Crippen molar-refractivity contribution >= 4 is 11.8 Å². The van der Waals surface area contributed by atoms with E-state index in [4.69, 9.17) is 0 Å². The van der Waals surface area contributed by atoms with Crippen molar-refractivity contribution in [1.82, 2.24) is 25.3 Å². The van der Waals surface area contributed by atoms with Gasteiger partial charge in [-0.3, -0.25) is 14.3 Å². The topological polar surface area (TPSA) is 99.5 Å². The van der Waals surface area contributed by atoms with Crippen LogP contribution in [0.3, 0.4) is 0 Å². The molecule has 0 unspecified atom stereocenters. The van der Waals surface area contributed by atoms with Crippen molar-refractivity contribution in [2.45, 2.75) is 37.5 Å². The van der Waals surface area contributed by atoms with Crippen molar-refractivity contribution in [2.24, 2.45) is 7.05 Å². The minimum atomic E-state index is -0.583. The molecule has 33 heavy (non-hydrogen) atoms. The monoisotopic (exact) mass is 445 g/mol. The molecule has 2 aromatic carbocycles. The molecule has 0 spiro atoms. The maximum atomic E-state index is 13.1. The lowest BCUT2D eigenvalue weighted by atomic mass is 10.0. The summed E-state index contributed by atoms with van der Waals surface area (Å²) >= 11 is 0. The van der Waals surface area contributed by atoms with E-state index in [0.717, 1.165) is 22.4 Å². The van der Waals surface area contributed by atoms with Gasteiger partial charge in [0.05, 0.1) is 5.69 Å². The Morgan fingerprint density at radius 2 is 1.88 bits per heavy atom. The Morgan fingerprint density at radius 3 is 2.64 bits per heavy atom. The van der Waals surface area contributed by atoms with Crippen molar-refractivity contribution in [1.29, 1.82) is 0 Å². The number of rotatable bonds is 6. The van der Waals surface area contributed by atoms with Gasteiger partial charge in [-0.05, 0) is 24.1 Å². The average molecular weight is 446 g/mol. The van der Waals surface area contributed by atoms with E-state index in [1.165, 1.54) is 0 Å². The minimum absolute atomic E-state index is 0.0287. The quantitative estimate of drug-likeness (QED) is 0.535. The van der Waals surface area contributed by atoms with Crippen LogP contribution in [0.5, 0.6) is 5.75 Å². The molecule has 2 aliphatic heterocycles. The van der Waals surface area contributed by atoms with Crippen LogP contribution in [0.2, 0.25) is 0 Å². The predicted molar refractivity (Wildman–Crippen MR) is 123 cm³/mol. The Labute approximate surface area is 192 Å². The van der Waals surface area contributed by atoms with Crippen molar-refractivity contribution in [2.75, 3.05) is 6.54 Å². The van der Waals surface area contributed by atoms with Gasteiger partial charge in [-0.1, -0.05) is 42.5 Å². The highest BCUT2D eigenvalue weighted by Gasteiger charge is 2.46. The van der Waals surface area contributed by atoms with Gasteiger partial charge in [-0.15, -0.1) is 0 Å². The van der Waals surface area contributed by atoms with Gasteiger partial charge in [0, 0.05) is 49.9 Å². The van der Waals surface area contributed by atoms with E-state index in [1.54, 1.807) is 29.2 Å². The molecule has 170 valence electrons. The Morgan fingerprint density at radius 1 is 1.12 bits per heavy atom. The molecule has 2 amide bonds. The molecule has 5 rings (SSSR count). The lowest BCUT2D eigenvalue weighted by molar-refractivity contribution is -0.147. The number of benzene rings is 2. The van der Waals surface area contributed by atoms with Crippen LogP contribution >= 0.6 is 0 Å². The number of fused-ring (bicyclic) bond motifs is 1. The molecule has 2 fully saturated rings. The first-order valence-corrected chi connectivity index (χ1v) is 11.2. The standard InChI is InChI=1S/C25H27N5O3/c1-29-14-18(23(28-29)17-5-3-2-4-6-17)13-26-19-12-22-24(32)27-21(25(33)30(22)15-19)11-16-7-9-20(31)10-8-16/h2-10,14,19,21-22,26,31H,11-13,15H2,1H3,(H,27,32)/t19-,21+,22-/m0/s1. The first kappa shape index (κ1) is 21.2. The number of phenolic OH excluding ortho intramolecular Hbond substituents is 1. The van der Waals surface area contributed by atoms with Crippen LogP contribution in [0.1, 0.15) is 17.5 Å². The van der Waals surface area contributed by atoms with E-state index in [2.05, 4.69) is 15.7 Å². The first-order chi connectivity index (χ1) is 16.0. The fourth-order valence-corrected chi connectivity index (χ4v) is 4.77. The second kappa shape index (κ2) is 8.71. The van der Waals surface area contributed by atoms with Gasteiger partial charge >= 0.3 is 0 Å². The summed E-state index contributed by atoms with van der Waals surface area (Å²) in [7, 11) is 1.91. The van der Waals surface area contributed by atoms with Crippen molar-refractivity contribution in [3.05, 3.63) is 71.9 Å². The third-order valence-electron chi connectivity index (χ3n) is 6.41. The first-order valence-electron chi connectivity index (χ1n) is 11.2. The summed E-state index contributed by atoms with van der Waals surface area (Å²) in [5.74, 6) is 0.0210. The summed E-state index contributed by atoms with van der Waals surface area (Å²) in [5.41, 5.74) is 3.97. The number of hydrogen-bond donors (Lipinski definition) is 3. The van der Waals surface area contributed by atoms with E-state index in [9.17, 15) is 14.7 Å². The molecule has 8 nitrogen and oxygen atoms in total. The van der Waals surface area contributed by atoms with Crippen LogP contribution in [0.25, 0.3) is 11.3 Å². The van der Waals surface area contributed by atoms with E-state index in [1.807, 2.05) is 48.3 Å². The summed E-state index contributed by atoms with van der Waals surface area (Å²) in [4.78, 5) is 27.6. The van der Waals surface area contributed by atoms with Crippen molar-refractivity contribution in [3.63, 3.8) is 0 Å². The number of carbonyl (C=O) groups excluding carboxylic acids is 2. The van der Waals surface area contributed by atoms with Gasteiger partial charge in [-0.2, -0.15) is 5.10 Å². The molecule has 0 bridgehead atoms. The number of phenols is 1. The lowest BCUT2D eigenvalue weighted by Crippen LogP contribution is -2.61. The van der Waals surface area contributed by atoms with E-state index >= 15 is 0 Å². The molecule has 3 heterocycles. The van der Waals surface area contributed by atoms with Crippen LogP contribution in [0.4, 0.5) is 0 Å². The molecule has 3 aromatic rings. The molecule has 8 heteroatoms. The molecular weight excluding hydrogens is 418 g/mol. The average Bonchev–Trinajstić information content (AvgIpc) is 3.42. The Balaban J connectivity index is 1.24. The molecule has 3 atom stereocenters. The van der Waals surface area contributed by atoms with Crippen LogP contribution in [0, 0.1) is 0 Å². The maximum absolute atomic E-state index is 13.1. The molecule has 0 saturated carbocycles. The van der Waals surface area contributed by atoms with Crippen molar-refractivity contribution in [3.8, 4) is 17.0 Å².